The van der Waals surface area contributed by atoms with E-state index in [4.69, 9.17) is 0 Å². The van der Waals surface area contributed by atoms with Gasteiger partial charge in [-0.1, -0.05) is 24.3 Å². The standard InChI is InChI=1S/C14H20N2O.ClH/c1-14(2,3)16-13(17)12-8-10-6-4-5-7-11(10)9-15-12;/h4-7,12,15H,8-9H2,1-3H3,(H,16,17);1H/t12-;/m1./s1. The number of carbonyl (C=O) groups excluding carboxylic acids is 1. The summed E-state index contributed by atoms with van der Waals surface area (Å²) in [5, 5.41) is 6.30. The van der Waals surface area contributed by atoms with Crippen molar-refractivity contribution >= 4 is 18.3 Å². The molecule has 1 aliphatic heterocycles. The van der Waals surface area contributed by atoms with Gasteiger partial charge >= 0.3 is 0 Å². The minimum Gasteiger partial charge on any atom is -0.350 e. The van der Waals surface area contributed by atoms with Crippen molar-refractivity contribution in [3.8, 4) is 0 Å². The highest BCUT2D eigenvalue weighted by Gasteiger charge is 2.26. The highest BCUT2D eigenvalue weighted by Crippen LogP contribution is 2.16. The number of hydrogen-bond acceptors (Lipinski definition) is 2. The van der Waals surface area contributed by atoms with Gasteiger partial charge < -0.3 is 10.6 Å². The van der Waals surface area contributed by atoms with Crippen LogP contribution in [0.25, 0.3) is 0 Å². The molecule has 0 saturated heterocycles. The Morgan fingerprint density at radius 2 is 1.89 bits per heavy atom. The molecule has 0 aromatic heterocycles. The third-order valence-corrected chi connectivity index (χ3v) is 2.90. The fourth-order valence-corrected chi connectivity index (χ4v) is 2.10. The van der Waals surface area contributed by atoms with Crippen molar-refractivity contribution in [3.05, 3.63) is 35.4 Å². The summed E-state index contributed by atoms with van der Waals surface area (Å²) in [5.41, 5.74) is 2.41. The summed E-state index contributed by atoms with van der Waals surface area (Å²) in [4.78, 5) is 12.0. The minimum atomic E-state index is -0.171. The first-order valence-electron chi connectivity index (χ1n) is 6.08. The van der Waals surface area contributed by atoms with Crippen molar-refractivity contribution in [2.75, 3.05) is 0 Å². The number of fused-ring (bicyclic) bond motifs is 1. The zero-order valence-electron chi connectivity index (χ0n) is 11.1. The lowest BCUT2D eigenvalue weighted by molar-refractivity contribution is -0.124. The second-order valence-electron chi connectivity index (χ2n) is 5.65. The lowest BCUT2D eigenvalue weighted by atomic mass is 9.95. The molecule has 2 N–H and O–H groups in total. The van der Waals surface area contributed by atoms with Crippen LogP contribution in [0.2, 0.25) is 0 Å². The van der Waals surface area contributed by atoms with Gasteiger partial charge in [-0.2, -0.15) is 0 Å². The number of nitrogens with one attached hydrogen (secondary N) is 2. The van der Waals surface area contributed by atoms with Gasteiger partial charge in [0, 0.05) is 12.1 Å². The number of amides is 1. The fraction of sp³-hybridized carbons (Fsp3) is 0.500. The molecule has 4 heteroatoms. The molecule has 1 heterocycles. The highest BCUT2D eigenvalue weighted by atomic mass is 35.5. The number of benzene rings is 1. The van der Waals surface area contributed by atoms with Crippen molar-refractivity contribution in [2.24, 2.45) is 0 Å². The Morgan fingerprint density at radius 1 is 1.28 bits per heavy atom. The molecule has 1 aliphatic rings. The van der Waals surface area contributed by atoms with Crippen molar-refractivity contribution in [2.45, 2.75) is 45.3 Å². The van der Waals surface area contributed by atoms with Crippen LogP contribution < -0.4 is 10.6 Å². The quantitative estimate of drug-likeness (QED) is 0.818. The minimum absolute atomic E-state index is 0. The van der Waals surface area contributed by atoms with E-state index in [1.165, 1.54) is 11.1 Å². The molecular formula is C14H21ClN2O. The maximum Gasteiger partial charge on any atom is 0.237 e. The van der Waals surface area contributed by atoms with Crippen LogP contribution in [-0.2, 0) is 17.8 Å². The van der Waals surface area contributed by atoms with Gasteiger partial charge in [0.05, 0.1) is 6.04 Å². The Kier molecular flexibility index (Phi) is 4.77. The molecule has 1 aromatic rings. The van der Waals surface area contributed by atoms with Crippen LogP contribution >= 0.6 is 12.4 Å². The van der Waals surface area contributed by atoms with E-state index in [2.05, 4.69) is 22.8 Å². The molecule has 3 nitrogen and oxygen atoms in total. The van der Waals surface area contributed by atoms with Crippen LogP contribution in [0.15, 0.2) is 24.3 Å². The zero-order chi connectivity index (χ0) is 12.5. The largest absolute Gasteiger partial charge is 0.350 e. The normalized spacial score (nSPS) is 18.5. The molecule has 0 fully saturated rings. The van der Waals surface area contributed by atoms with Crippen LogP contribution in [0.1, 0.15) is 31.9 Å². The Balaban J connectivity index is 0.00000162. The monoisotopic (exact) mass is 268 g/mol. The summed E-state index contributed by atoms with van der Waals surface area (Å²) in [6.07, 6.45) is 0.776. The summed E-state index contributed by atoms with van der Waals surface area (Å²) < 4.78 is 0. The molecule has 18 heavy (non-hydrogen) atoms. The second kappa shape index (κ2) is 5.72. The molecular weight excluding hydrogens is 248 g/mol. The van der Waals surface area contributed by atoms with Crippen LogP contribution in [0.5, 0.6) is 0 Å². The third kappa shape index (κ3) is 3.72. The van der Waals surface area contributed by atoms with Crippen molar-refractivity contribution in [3.63, 3.8) is 0 Å². The van der Waals surface area contributed by atoms with E-state index < -0.39 is 0 Å². The summed E-state index contributed by atoms with van der Waals surface area (Å²) >= 11 is 0. The predicted molar refractivity (Wildman–Crippen MR) is 75.9 cm³/mol. The molecule has 0 unspecified atom stereocenters. The average Bonchev–Trinajstić information content (AvgIpc) is 2.26. The van der Waals surface area contributed by atoms with Gasteiger partial charge in [0.25, 0.3) is 0 Å². The molecule has 1 aromatic carbocycles. The summed E-state index contributed by atoms with van der Waals surface area (Å²) in [7, 11) is 0. The topological polar surface area (TPSA) is 41.1 Å². The first-order valence-corrected chi connectivity index (χ1v) is 6.08. The lowest BCUT2D eigenvalue weighted by Crippen LogP contribution is -2.52. The molecule has 2 rings (SSSR count). The van der Waals surface area contributed by atoms with Gasteiger partial charge in [-0.25, -0.2) is 0 Å². The predicted octanol–water partition coefficient (Wildman–Crippen LogP) is 2.04. The van der Waals surface area contributed by atoms with Gasteiger partial charge in [-0.15, -0.1) is 12.4 Å². The maximum atomic E-state index is 12.0. The molecule has 1 amide bonds. The highest BCUT2D eigenvalue weighted by molar-refractivity contribution is 5.85. The molecule has 0 aliphatic carbocycles. The van der Waals surface area contributed by atoms with Crippen LogP contribution in [0.3, 0.4) is 0 Å². The van der Waals surface area contributed by atoms with Crippen LogP contribution in [-0.4, -0.2) is 17.5 Å². The smallest absolute Gasteiger partial charge is 0.237 e. The Morgan fingerprint density at radius 3 is 2.50 bits per heavy atom. The van der Waals surface area contributed by atoms with Crippen LogP contribution in [0, 0.1) is 0 Å². The molecule has 0 radical (unpaired) electrons. The van der Waals surface area contributed by atoms with E-state index >= 15 is 0 Å². The van der Waals surface area contributed by atoms with E-state index in [1.807, 2.05) is 32.9 Å². The zero-order valence-corrected chi connectivity index (χ0v) is 11.9. The van der Waals surface area contributed by atoms with Gasteiger partial charge in [0.2, 0.25) is 5.91 Å². The number of carbonyl (C=O) groups is 1. The van der Waals surface area contributed by atoms with Crippen LogP contribution in [0.4, 0.5) is 0 Å². The van der Waals surface area contributed by atoms with Gasteiger partial charge in [0.1, 0.15) is 0 Å². The van der Waals surface area contributed by atoms with E-state index in [0.717, 1.165) is 13.0 Å². The summed E-state index contributed by atoms with van der Waals surface area (Å²) in [6, 6.07) is 8.18. The van der Waals surface area contributed by atoms with Gasteiger partial charge in [0.15, 0.2) is 0 Å². The Hall–Kier alpha value is -1.06. The number of hydrogen-bond donors (Lipinski definition) is 2. The fourth-order valence-electron chi connectivity index (χ4n) is 2.10. The van der Waals surface area contributed by atoms with E-state index in [1.54, 1.807) is 0 Å². The summed E-state index contributed by atoms with van der Waals surface area (Å²) in [5.74, 6) is 0.0898. The van der Waals surface area contributed by atoms with E-state index in [-0.39, 0.29) is 29.9 Å². The Labute approximate surface area is 115 Å². The van der Waals surface area contributed by atoms with Crippen molar-refractivity contribution in [1.82, 2.24) is 10.6 Å². The third-order valence-electron chi connectivity index (χ3n) is 2.90. The Bertz CT molecular complexity index is 426. The SMILES string of the molecule is CC(C)(C)NC(=O)[C@H]1Cc2ccccc2CN1.Cl. The lowest BCUT2D eigenvalue weighted by Gasteiger charge is -2.29. The summed E-state index contributed by atoms with van der Waals surface area (Å²) in [6.45, 7) is 6.78. The van der Waals surface area contributed by atoms with E-state index in [0.29, 0.717) is 0 Å². The first-order chi connectivity index (χ1) is 7.96. The molecule has 1 atom stereocenters. The maximum absolute atomic E-state index is 12.0. The number of halogens is 1. The van der Waals surface area contributed by atoms with Crippen molar-refractivity contribution in [1.29, 1.82) is 0 Å². The van der Waals surface area contributed by atoms with Crippen molar-refractivity contribution < 1.29 is 4.79 Å². The molecule has 0 bridgehead atoms. The van der Waals surface area contributed by atoms with Gasteiger partial charge in [-0.05, 0) is 38.3 Å². The molecule has 100 valence electrons. The van der Waals surface area contributed by atoms with Gasteiger partial charge in [-0.3, -0.25) is 4.79 Å². The van der Waals surface area contributed by atoms with E-state index in [9.17, 15) is 4.79 Å². The molecule has 0 spiro atoms. The molecule has 0 saturated carbocycles. The number of rotatable bonds is 1. The average molecular weight is 269 g/mol. The second-order valence-corrected chi connectivity index (χ2v) is 5.65. The first kappa shape index (κ1) is 15.0.